The largest absolute Gasteiger partial charge is 0.456 e. The summed E-state index contributed by atoms with van der Waals surface area (Å²) < 4.78 is 5.37. The number of hydrogen-bond acceptors (Lipinski definition) is 8. The van der Waals surface area contributed by atoms with E-state index < -0.39 is 40.2 Å². The van der Waals surface area contributed by atoms with E-state index in [0.717, 1.165) is 0 Å². The molecule has 0 bridgehead atoms. The molecule has 0 spiro atoms. The highest BCUT2D eigenvalue weighted by Gasteiger charge is 2.54. The number of carbonyl (C=O) groups excluding carboxylic acids is 3. The Balaban J connectivity index is 1.39. The van der Waals surface area contributed by atoms with Crippen LogP contribution in [-0.4, -0.2) is 44.8 Å². The summed E-state index contributed by atoms with van der Waals surface area (Å²) in [5.41, 5.74) is 8.03. The Labute approximate surface area is 199 Å². The number of nitro benzene ring substituents is 1. The van der Waals surface area contributed by atoms with Gasteiger partial charge in [0.15, 0.2) is 0 Å². The number of nitrogens with one attached hydrogen (secondary N) is 1. The minimum atomic E-state index is -0.917. The van der Waals surface area contributed by atoms with Crippen molar-refractivity contribution < 1.29 is 24.0 Å². The summed E-state index contributed by atoms with van der Waals surface area (Å²) in [6.07, 6.45) is 0. The van der Waals surface area contributed by atoms with E-state index in [1.807, 2.05) is 6.07 Å². The maximum atomic E-state index is 12.9. The number of hydrogen-bond donors (Lipinski definition) is 2. The normalized spacial score (nSPS) is 20.2. The van der Waals surface area contributed by atoms with Crippen LogP contribution in [0.4, 0.5) is 5.69 Å². The highest BCUT2D eigenvalue weighted by atomic mass is 32.2. The molecule has 0 radical (unpaired) electrons. The van der Waals surface area contributed by atoms with Crippen LogP contribution >= 0.6 is 11.8 Å². The van der Waals surface area contributed by atoms with Crippen molar-refractivity contribution in [2.24, 2.45) is 5.73 Å². The van der Waals surface area contributed by atoms with E-state index in [-0.39, 0.29) is 18.0 Å². The lowest BCUT2D eigenvalue weighted by Gasteiger charge is -2.49. The Hall–Kier alpha value is -3.70. The van der Waals surface area contributed by atoms with Crippen molar-refractivity contribution in [1.82, 2.24) is 10.2 Å². The number of amides is 2. The molecule has 2 amide bonds. The lowest BCUT2D eigenvalue weighted by atomic mass is 10.0. The summed E-state index contributed by atoms with van der Waals surface area (Å²) in [6.45, 7) is 1.65. The number of fused-ring (bicyclic) bond motifs is 1. The lowest BCUT2D eigenvalue weighted by molar-refractivity contribution is -0.384. The summed E-state index contributed by atoms with van der Waals surface area (Å²) in [4.78, 5) is 49.9. The van der Waals surface area contributed by atoms with E-state index in [1.54, 1.807) is 31.2 Å². The summed E-state index contributed by atoms with van der Waals surface area (Å²) in [5, 5.41) is 13.0. The predicted molar refractivity (Wildman–Crippen MR) is 124 cm³/mol. The van der Waals surface area contributed by atoms with Crippen molar-refractivity contribution in [3.8, 4) is 0 Å². The zero-order chi connectivity index (χ0) is 24.4. The Morgan fingerprint density at radius 3 is 2.56 bits per heavy atom. The number of carbonyl (C=O) groups is 3. The van der Waals surface area contributed by atoms with Gasteiger partial charge in [-0.3, -0.25) is 24.6 Å². The topological polar surface area (TPSA) is 145 Å². The molecule has 4 rings (SSSR count). The van der Waals surface area contributed by atoms with Gasteiger partial charge in [0.05, 0.1) is 4.92 Å². The second kappa shape index (κ2) is 9.65. The van der Waals surface area contributed by atoms with E-state index >= 15 is 0 Å². The average Bonchev–Trinajstić information content (AvgIpc) is 2.85. The predicted octanol–water partition coefficient (Wildman–Crippen LogP) is 2.01. The first-order chi connectivity index (χ1) is 16.3. The highest BCUT2D eigenvalue weighted by Crippen LogP contribution is 2.40. The molecule has 34 heavy (non-hydrogen) atoms. The number of esters is 1. The molecule has 1 unspecified atom stereocenters. The van der Waals surface area contributed by atoms with Crippen LogP contribution in [0, 0.1) is 10.1 Å². The number of rotatable bonds is 7. The van der Waals surface area contributed by atoms with Gasteiger partial charge in [0.1, 0.15) is 29.8 Å². The van der Waals surface area contributed by atoms with Crippen LogP contribution in [0.3, 0.4) is 0 Å². The van der Waals surface area contributed by atoms with Crippen LogP contribution < -0.4 is 11.1 Å². The zero-order valence-electron chi connectivity index (χ0n) is 18.2. The first kappa shape index (κ1) is 23.5. The van der Waals surface area contributed by atoms with Gasteiger partial charge in [0.25, 0.3) is 11.6 Å². The third kappa shape index (κ3) is 4.52. The van der Waals surface area contributed by atoms with Crippen molar-refractivity contribution in [3.63, 3.8) is 0 Å². The minimum Gasteiger partial charge on any atom is -0.456 e. The standard InChI is InChI=1S/C23H22N4O6S/c1-13-12-34-22-18(25-20(28)17(24)15-5-3-2-4-6-15)21(29)26(22)19(13)23(30)33-11-14-7-9-16(10-8-14)27(31)32/h2-10,17-18,22H,11-12,24H2,1H3,(H,25,28)/t17-,18?,22-/m1/s1. The number of nitro groups is 1. The Bertz CT molecular complexity index is 1170. The molecule has 2 aliphatic rings. The second-order valence-corrected chi connectivity index (χ2v) is 9.02. The maximum absolute atomic E-state index is 12.9. The van der Waals surface area contributed by atoms with Crippen molar-refractivity contribution in [2.45, 2.75) is 31.0 Å². The Morgan fingerprint density at radius 1 is 1.24 bits per heavy atom. The maximum Gasteiger partial charge on any atom is 0.355 e. The molecule has 2 heterocycles. The van der Waals surface area contributed by atoms with Crippen LogP contribution in [0.15, 0.2) is 65.9 Å². The number of β-lactam (4-membered cyclic amide) rings is 1. The molecular weight excluding hydrogens is 460 g/mol. The third-order valence-electron chi connectivity index (χ3n) is 5.61. The molecule has 11 heteroatoms. The fourth-order valence-corrected chi connectivity index (χ4v) is 5.04. The zero-order valence-corrected chi connectivity index (χ0v) is 19.0. The molecule has 1 saturated heterocycles. The lowest BCUT2D eigenvalue weighted by Crippen LogP contribution is -2.71. The summed E-state index contributed by atoms with van der Waals surface area (Å²) in [5.74, 6) is -1.06. The number of benzene rings is 2. The van der Waals surface area contributed by atoms with Crippen LogP contribution in [0.5, 0.6) is 0 Å². The van der Waals surface area contributed by atoms with Crippen LogP contribution in [0.1, 0.15) is 24.1 Å². The highest BCUT2D eigenvalue weighted by molar-refractivity contribution is 8.00. The van der Waals surface area contributed by atoms with E-state index in [9.17, 15) is 24.5 Å². The molecule has 0 saturated carbocycles. The quantitative estimate of drug-likeness (QED) is 0.264. The molecule has 3 atom stereocenters. The minimum absolute atomic E-state index is 0.0629. The molecule has 1 fully saturated rings. The number of thioether (sulfide) groups is 1. The summed E-state index contributed by atoms with van der Waals surface area (Å²) >= 11 is 1.44. The van der Waals surface area contributed by atoms with Crippen molar-refractivity contribution >= 4 is 35.2 Å². The summed E-state index contributed by atoms with van der Waals surface area (Å²) in [7, 11) is 0. The Morgan fingerprint density at radius 2 is 1.91 bits per heavy atom. The van der Waals surface area contributed by atoms with E-state index in [4.69, 9.17) is 10.5 Å². The average molecular weight is 483 g/mol. The monoisotopic (exact) mass is 482 g/mol. The molecular formula is C23H22N4O6S. The molecule has 3 N–H and O–H groups in total. The number of non-ortho nitro benzene ring substituents is 1. The molecule has 176 valence electrons. The van der Waals surface area contributed by atoms with Gasteiger partial charge >= 0.3 is 5.97 Å². The SMILES string of the molecule is CC1=C(C(=O)OCc2ccc([N+](=O)[O-])cc2)N2C(=O)C(NC(=O)[C@H](N)c3ccccc3)[C@H]2SC1. The fraction of sp³-hybridized carbons (Fsp3) is 0.261. The van der Waals surface area contributed by atoms with Crippen molar-refractivity contribution in [1.29, 1.82) is 0 Å². The first-order valence-corrected chi connectivity index (χ1v) is 11.5. The van der Waals surface area contributed by atoms with Crippen LogP contribution in [-0.2, 0) is 25.7 Å². The van der Waals surface area contributed by atoms with Gasteiger partial charge in [-0.05, 0) is 35.8 Å². The van der Waals surface area contributed by atoms with E-state index in [0.29, 0.717) is 22.5 Å². The van der Waals surface area contributed by atoms with Gasteiger partial charge in [-0.1, -0.05) is 30.3 Å². The molecule has 2 aromatic rings. The number of ether oxygens (including phenoxy) is 1. The third-order valence-corrected chi connectivity index (χ3v) is 7.03. The van der Waals surface area contributed by atoms with Gasteiger partial charge < -0.3 is 15.8 Å². The number of nitrogens with zero attached hydrogens (tertiary/aromatic N) is 2. The second-order valence-electron chi connectivity index (χ2n) is 7.91. The van der Waals surface area contributed by atoms with Gasteiger partial charge in [0, 0.05) is 17.9 Å². The van der Waals surface area contributed by atoms with E-state index in [2.05, 4.69) is 5.32 Å². The van der Waals surface area contributed by atoms with Gasteiger partial charge in [-0.25, -0.2) is 4.79 Å². The molecule has 10 nitrogen and oxygen atoms in total. The first-order valence-electron chi connectivity index (χ1n) is 10.4. The van der Waals surface area contributed by atoms with Crippen LogP contribution in [0.25, 0.3) is 0 Å². The molecule has 0 aromatic heterocycles. The van der Waals surface area contributed by atoms with Crippen LogP contribution in [0.2, 0.25) is 0 Å². The van der Waals surface area contributed by atoms with E-state index in [1.165, 1.54) is 40.9 Å². The fourth-order valence-electron chi connectivity index (χ4n) is 3.75. The smallest absolute Gasteiger partial charge is 0.355 e. The molecule has 2 aromatic carbocycles. The van der Waals surface area contributed by atoms with Gasteiger partial charge in [-0.15, -0.1) is 11.8 Å². The van der Waals surface area contributed by atoms with Gasteiger partial charge in [0.2, 0.25) is 5.91 Å². The molecule has 0 aliphatic carbocycles. The van der Waals surface area contributed by atoms with Crippen molar-refractivity contribution in [3.05, 3.63) is 87.1 Å². The van der Waals surface area contributed by atoms with Gasteiger partial charge in [-0.2, -0.15) is 0 Å². The summed E-state index contributed by atoms with van der Waals surface area (Å²) in [6, 6.07) is 12.8. The Kier molecular flexibility index (Phi) is 6.66. The molecule has 2 aliphatic heterocycles. The van der Waals surface area contributed by atoms with Crippen molar-refractivity contribution in [2.75, 3.05) is 5.75 Å². The number of nitrogens with two attached hydrogens (primary N) is 1.